The van der Waals surface area contributed by atoms with Crippen LogP contribution in [0.1, 0.15) is 18.1 Å². The maximum absolute atomic E-state index is 12.6. The van der Waals surface area contributed by atoms with Gasteiger partial charge in [-0.2, -0.15) is 18.3 Å². The molecule has 0 aliphatic carbocycles. The Bertz CT molecular complexity index is 595. The molecule has 108 valence electrons. The van der Waals surface area contributed by atoms with Crippen LogP contribution >= 0.6 is 15.9 Å². The van der Waals surface area contributed by atoms with Crippen LogP contribution in [0.15, 0.2) is 29.1 Å². The van der Waals surface area contributed by atoms with Crippen LogP contribution in [0.25, 0.3) is 5.82 Å². The Morgan fingerprint density at radius 3 is 2.70 bits per heavy atom. The van der Waals surface area contributed by atoms with Crippen LogP contribution in [-0.4, -0.2) is 21.3 Å². The molecule has 2 aromatic heterocycles. The third kappa shape index (κ3) is 3.37. The van der Waals surface area contributed by atoms with E-state index in [1.165, 1.54) is 6.20 Å². The van der Waals surface area contributed by atoms with Crippen molar-refractivity contribution >= 4 is 15.9 Å². The summed E-state index contributed by atoms with van der Waals surface area (Å²) < 4.78 is 39.7. The van der Waals surface area contributed by atoms with Crippen molar-refractivity contribution in [3.05, 3.63) is 40.3 Å². The smallest absolute Gasteiger partial charge is 0.313 e. The number of pyridine rings is 1. The molecule has 0 aliphatic heterocycles. The average molecular weight is 349 g/mol. The van der Waals surface area contributed by atoms with Gasteiger partial charge >= 0.3 is 6.18 Å². The fourth-order valence-corrected chi connectivity index (χ4v) is 2.03. The van der Waals surface area contributed by atoms with Gasteiger partial charge in [-0.05, 0) is 28.5 Å². The van der Waals surface area contributed by atoms with E-state index in [0.29, 0.717) is 12.4 Å². The van der Waals surface area contributed by atoms with Crippen LogP contribution in [0, 0.1) is 0 Å². The molecule has 0 aromatic carbocycles. The molecule has 4 nitrogen and oxygen atoms in total. The molecule has 2 heterocycles. The third-order valence-electron chi connectivity index (χ3n) is 2.60. The largest absolute Gasteiger partial charge is 0.419 e. The molecule has 0 aliphatic rings. The first-order chi connectivity index (χ1) is 9.41. The fourth-order valence-electron chi connectivity index (χ4n) is 1.66. The lowest BCUT2D eigenvalue weighted by Crippen LogP contribution is -2.15. The van der Waals surface area contributed by atoms with Crippen LogP contribution in [0.4, 0.5) is 13.2 Å². The maximum atomic E-state index is 12.6. The second kappa shape index (κ2) is 5.92. The van der Waals surface area contributed by atoms with Gasteiger partial charge in [-0.25, -0.2) is 9.67 Å². The summed E-state index contributed by atoms with van der Waals surface area (Å²) in [7, 11) is 0. The van der Waals surface area contributed by atoms with E-state index >= 15 is 0 Å². The zero-order chi connectivity index (χ0) is 14.8. The summed E-state index contributed by atoms with van der Waals surface area (Å²) >= 11 is 3.30. The maximum Gasteiger partial charge on any atom is 0.419 e. The van der Waals surface area contributed by atoms with Crippen molar-refractivity contribution in [1.82, 2.24) is 20.1 Å². The molecular weight excluding hydrogens is 337 g/mol. The molecule has 0 spiro atoms. The minimum atomic E-state index is -4.41. The van der Waals surface area contributed by atoms with Gasteiger partial charge in [0.1, 0.15) is 0 Å². The Kier molecular flexibility index (Phi) is 4.44. The summed E-state index contributed by atoms with van der Waals surface area (Å²) in [6.45, 7) is 3.19. The molecule has 8 heteroatoms. The normalized spacial score (nSPS) is 11.8. The Morgan fingerprint density at radius 1 is 1.35 bits per heavy atom. The quantitative estimate of drug-likeness (QED) is 0.922. The molecular formula is C12H12BrF3N4. The molecule has 0 radical (unpaired) electrons. The number of rotatable bonds is 4. The Labute approximate surface area is 122 Å². The highest BCUT2D eigenvalue weighted by Crippen LogP contribution is 2.29. The van der Waals surface area contributed by atoms with Crippen molar-refractivity contribution in [3.63, 3.8) is 0 Å². The summed E-state index contributed by atoms with van der Waals surface area (Å²) in [6.07, 6.45) is -1.15. The molecule has 0 saturated carbocycles. The van der Waals surface area contributed by atoms with Gasteiger partial charge in [0.15, 0.2) is 5.82 Å². The molecule has 0 atom stereocenters. The van der Waals surface area contributed by atoms with E-state index in [0.717, 1.165) is 33.7 Å². The molecule has 0 bridgehead atoms. The van der Waals surface area contributed by atoms with Crippen molar-refractivity contribution in [2.24, 2.45) is 0 Å². The van der Waals surface area contributed by atoms with Crippen molar-refractivity contribution in [2.75, 3.05) is 6.54 Å². The SMILES string of the molecule is CCNCc1cc(Br)cnc1-n1cc(C(F)(F)F)cn1. The van der Waals surface area contributed by atoms with Crippen LogP contribution in [0.2, 0.25) is 0 Å². The predicted molar refractivity (Wildman–Crippen MR) is 71.4 cm³/mol. The lowest BCUT2D eigenvalue weighted by molar-refractivity contribution is -0.137. The minimum absolute atomic E-state index is 0.379. The standard InChI is InChI=1S/C12H12BrF3N4/c1-2-17-4-8-3-10(13)6-18-11(8)20-7-9(5-19-20)12(14,15)16/h3,5-7,17H,2,4H2,1H3. The van der Waals surface area contributed by atoms with E-state index in [2.05, 4.69) is 31.3 Å². The summed E-state index contributed by atoms with van der Waals surface area (Å²) in [6, 6.07) is 1.81. The Morgan fingerprint density at radius 2 is 2.10 bits per heavy atom. The number of aromatic nitrogens is 3. The molecule has 1 N–H and O–H groups in total. The summed E-state index contributed by atoms with van der Waals surface area (Å²) in [5, 5.41) is 6.86. The fraction of sp³-hybridized carbons (Fsp3) is 0.333. The van der Waals surface area contributed by atoms with Crippen molar-refractivity contribution < 1.29 is 13.2 Å². The monoisotopic (exact) mass is 348 g/mol. The van der Waals surface area contributed by atoms with E-state index in [9.17, 15) is 13.2 Å². The van der Waals surface area contributed by atoms with Gasteiger partial charge in [-0.3, -0.25) is 0 Å². The Hall–Kier alpha value is -1.41. The van der Waals surface area contributed by atoms with Gasteiger partial charge in [0, 0.05) is 29.0 Å². The first-order valence-corrected chi connectivity index (χ1v) is 6.68. The Balaban J connectivity index is 2.39. The molecule has 0 amide bonds. The zero-order valence-electron chi connectivity index (χ0n) is 10.6. The molecule has 20 heavy (non-hydrogen) atoms. The van der Waals surface area contributed by atoms with E-state index in [-0.39, 0.29) is 0 Å². The van der Waals surface area contributed by atoms with Gasteiger partial charge in [0.05, 0.1) is 11.8 Å². The molecule has 0 saturated heterocycles. The first kappa shape index (κ1) is 15.0. The van der Waals surface area contributed by atoms with E-state index < -0.39 is 11.7 Å². The third-order valence-corrected chi connectivity index (χ3v) is 3.04. The highest BCUT2D eigenvalue weighted by atomic mass is 79.9. The highest BCUT2D eigenvalue weighted by molar-refractivity contribution is 9.10. The molecule has 0 unspecified atom stereocenters. The van der Waals surface area contributed by atoms with Crippen LogP contribution in [0.3, 0.4) is 0 Å². The van der Waals surface area contributed by atoms with Crippen LogP contribution in [0.5, 0.6) is 0 Å². The highest BCUT2D eigenvalue weighted by Gasteiger charge is 2.32. The number of halogens is 4. The van der Waals surface area contributed by atoms with E-state index in [1.54, 1.807) is 6.07 Å². The number of hydrogen-bond acceptors (Lipinski definition) is 3. The second-order valence-electron chi connectivity index (χ2n) is 4.09. The number of alkyl halides is 3. The molecule has 0 fully saturated rings. The van der Waals surface area contributed by atoms with Gasteiger partial charge in [-0.1, -0.05) is 6.92 Å². The predicted octanol–water partition coefficient (Wildman–Crippen LogP) is 3.16. The zero-order valence-corrected chi connectivity index (χ0v) is 12.2. The molecule has 2 aromatic rings. The summed E-state index contributed by atoms with van der Waals surface area (Å²) in [5.74, 6) is 0.379. The average Bonchev–Trinajstić information content (AvgIpc) is 2.85. The van der Waals surface area contributed by atoms with Crippen molar-refractivity contribution in [1.29, 1.82) is 0 Å². The van der Waals surface area contributed by atoms with Gasteiger partial charge in [0.25, 0.3) is 0 Å². The first-order valence-electron chi connectivity index (χ1n) is 5.89. The van der Waals surface area contributed by atoms with Crippen LogP contribution in [-0.2, 0) is 12.7 Å². The topological polar surface area (TPSA) is 42.7 Å². The lowest BCUT2D eigenvalue weighted by atomic mass is 10.2. The minimum Gasteiger partial charge on any atom is -0.313 e. The number of hydrogen-bond donors (Lipinski definition) is 1. The van der Waals surface area contributed by atoms with Gasteiger partial charge in [-0.15, -0.1) is 0 Å². The number of nitrogens with one attached hydrogen (secondary N) is 1. The van der Waals surface area contributed by atoms with Crippen LogP contribution < -0.4 is 5.32 Å². The van der Waals surface area contributed by atoms with E-state index in [4.69, 9.17) is 0 Å². The number of nitrogens with zero attached hydrogens (tertiary/aromatic N) is 3. The molecule has 2 rings (SSSR count). The van der Waals surface area contributed by atoms with Crippen molar-refractivity contribution in [3.8, 4) is 5.82 Å². The van der Waals surface area contributed by atoms with Gasteiger partial charge < -0.3 is 5.32 Å². The van der Waals surface area contributed by atoms with E-state index in [1.807, 2.05) is 6.92 Å². The van der Waals surface area contributed by atoms with Gasteiger partial charge in [0.2, 0.25) is 0 Å². The lowest BCUT2D eigenvalue weighted by Gasteiger charge is -2.09. The summed E-state index contributed by atoms with van der Waals surface area (Å²) in [5.41, 5.74) is -0.0327. The second-order valence-corrected chi connectivity index (χ2v) is 5.00. The summed E-state index contributed by atoms with van der Waals surface area (Å²) in [4.78, 5) is 4.14. The van der Waals surface area contributed by atoms with Crippen molar-refractivity contribution in [2.45, 2.75) is 19.6 Å².